The van der Waals surface area contributed by atoms with Crippen LogP contribution in [0, 0.1) is 6.92 Å². The SMILES string of the molecule is CSc1nc2nc(C)cc(OCC3CN(C(=S)Nc4cccnc4)CCO3)n2n1. The lowest BCUT2D eigenvalue weighted by atomic mass is 10.3. The molecular formula is C18H21N7O2S2. The number of ether oxygens (including phenoxy) is 2. The van der Waals surface area contributed by atoms with Crippen LogP contribution in [0.3, 0.4) is 0 Å². The number of anilines is 1. The van der Waals surface area contributed by atoms with Gasteiger partial charge in [-0.15, -0.1) is 5.10 Å². The molecule has 0 saturated carbocycles. The number of morpholine rings is 1. The lowest BCUT2D eigenvalue weighted by Crippen LogP contribution is -2.49. The van der Waals surface area contributed by atoms with Gasteiger partial charge in [0.15, 0.2) is 5.11 Å². The Hall–Kier alpha value is -2.50. The second kappa shape index (κ2) is 8.89. The van der Waals surface area contributed by atoms with Crippen LogP contribution in [0.5, 0.6) is 5.88 Å². The predicted molar refractivity (Wildman–Crippen MR) is 115 cm³/mol. The van der Waals surface area contributed by atoms with Crippen LogP contribution in [0.25, 0.3) is 5.78 Å². The number of nitrogens with zero attached hydrogens (tertiary/aromatic N) is 6. The van der Waals surface area contributed by atoms with Gasteiger partial charge in [0, 0.05) is 31.0 Å². The molecule has 1 fully saturated rings. The Morgan fingerprint density at radius 1 is 1.45 bits per heavy atom. The summed E-state index contributed by atoms with van der Waals surface area (Å²) in [6.45, 7) is 4.21. The maximum Gasteiger partial charge on any atom is 0.256 e. The summed E-state index contributed by atoms with van der Waals surface area (Å²) in [6.07, 6.45) is 5.27. The minimum absolute atomic E-state index is 0.121. The third-order valence-corrected chi connectivity index (χ3v) is 5.22. The molecule has 9 nitrogen and oxygen atoms in total. The summed E-state index contributed by atoms with van der Waals surface area (Å²) >= 11 is 7.00. The Morgan fingerprint density at radius 3 is 3.14 bits per heavy atom. The molecule has 0 aromatic carbocycles. The van der Waals surface area contributed by atoms with Gasteiger partial charge in [0.1, 0.15) is 12.7 Å². The summed E-state index contributed by atoms with van der Waals surface area (Å²) in [5.74, 6) is 1.12. The van der Waals surface area contributed by atoms with Gasteiger partial charge in [0.05, 0.1) is 18.5 Å². The Labute approximate surface area is 177 Å². The largest absolute Gasteiger partial charge is 0.475 e. The number of pyridine rings is 1. The van der Waals surface area contributed by atoms with E-state index in [1.165, 1.54) is 11.8 Å². The molecule has 152 valence electrons. The molecule has 1 aliphatic rings. The molecule has 4 rings (SSSR count). The maximum absolute atomic E-state index is 6.03. The first-order valence-electron chi connectivity index (χ1n) is 9.11. The molecule has 0 bridgehead atoms. The van der Waals surface area contributed by atoms with Crippen molar-refractivity contribution in [3.8, 4) is 5.88 Å². The summed E-state index contributed by atoms with van der Waals surface area (Å²) in [4.78, 5) is 15.0. The molecule has 0 radical (unpaired) electrons. The van der Waals surface area contributed by atoms with Crippen LogP contribution in [0.1, 0.15) is 5.69 Å². The van der Waals surface area contributed by atoms with Gasteiger partial charge in [-0.25, -0.2) is 4.98 Å². The Balaban J connectivity index is 1.39. The first-order valence-corrected chi connectivity index (χ1v) is 10.7. The van der Waals surface area contributed by atoms with Crippen LogP contribution in [0.4, 0.5) is 5.69 Å². The number of thiocarbonyl (C=S) groups is 1. The standard InChI is InChI=1S/C18H21N7O2S2/c1-12-8-15(25-16(20-12)22-17(23-25)29-2)27-11-14-10-24(6-7-26-14)18(28)21-13-4-3-5-19-9-13/h3-5,8-9,14H,6-7,10-11H2,1-2H3,(H,21,28). The fraction of sp³-hybridized carbons (Fsp3) is 0.389. The summed E-state index contributed by atoms with van der Waals surface area (Å²) in [7, 11) is 0. The minimum Gasteiger partial charge on any atom is -0.475 e. The Kier molecular flexibility index (Phi) is 6.07. The summed E-state index contributed by atoms with van der Waals surface area (Å²) in [6, 6.07) is 5.64. The van der Waals surface area contributed by atoms with Crippen molar-refractivity contribution in [2.24, 2.45) is 0 Å². The Bertz CT molecular complexity index is 999. The molecule has 1 unspecified atom stereocenters. The van der Waals surface area contributed by atoms with Gasteiger partial charge < -0.3 is 19.7 Å². The zero-order chi connectivity index (χ0) is 20.2. The second-order valence-electron chi connectivity index (χ2n) is 6.47. The molecule has 1 saturated heterocycles. The van der Waals surface area contributed by atoms with Gasteiger partial charge in [0.2, 0.25) is 11.0 Å². The summed E-state index contributed by atoms with van der Waals surface area (Å²) in [5, 5.41) is 8.93. The van der Waals surface area contributed by atoms with E-state index in [4.69, 9.17) is 21.7 Å². The van der Waals surface area contributed by atoms with E-state index in [9.17, 15) is 0 Å². The number of hydrogen-bond donors (Lipinski definition) is 1. The fourth-order valence-corrected chi connectivity index (χ4v) is 3.57. The second-order valence-corrected chi connectivity index (χ2v) is 7.63. The van der Waals surface area contributed by atoms with Crippen molar-refractivity contribution >= 4 is 40.6 Å². The van der Waals surface area contributed by atoms with Gasteiger partial charge in [0.25, 0.3) is 5.78 Å². The highest BCUT2D eigenvalue weighted by atomic mass is 32.2. The number of fused-ring (bicyclic) bond motifs is 1. The number of aryl methyl sites for hydroxylation is 1. The molecule has 0 amide bonds. The highest BCUT2D eigenvalue weighted by molar-refractivity contribution is 7.98. The third-order valence-electron chi connectivity index (χ3n) is 4.33. The van der Waals surface area contributed by atoms with E-state index in [-0.39, 0.29) is 6.10 Å². The highest BCUT2D eigenvalue weighted by Gasteiger charge is 2.23. The number of nitrogens with one attached hydrogen (secondary N) is 1. The van der Waals surface area contributed by atoms with Gasteiger partial charge >= 0.3 is 0 Å². The molecule has 3 aromatic heterocycles. The monoisotopic (exact) mass is 431 g/mol. The van der Waals surface area contributed by atoms with Crippen molar-refractivity contribution in [1.29, 1.82) is 0 Å². The summed E-state index contributed by atoms with van der Waals surface area (Å²) in [5.41, 5.74) is 1.68. The van der Waals surface area contributed by atoms with E-state index >= 15 is 0 Å². The van der Waals surface area contributed by atoms with Gasteiger partial charge in [-0.1, -0.05) is 11.8 Å². The average Bonchev–Trinajstić information content (AvgIpc) is 3.16. The lowest BCUT2D eigenvalue weighted by molar-refractivity contribution is -0.0291. The quantitative estimate of drug-likeness (QED) is 0.478. The predicted octanol–water partition coefficient (Wildman–Crippen LogP) is 2.03. The molecular weight excluding hydrogens is 410 g/mol. The first-order chi connectivity index (χ1) is 14.1. The minimum atomic E-state index is -0.121. The first kappa shape index (κ1) is 19.8. The van der Waals surface area contributed by atoms with Gasteiger partial charge in [-0.3, -0.25) is 4.98 Å². The van der Waals surface area contributed by atoms with E-state index < -0.39 is 0 Å². The maximum atomic E-state index is 6.03. The van der Waals surface area contributed by atoms with Crippen molar-refractivity contribution in [3.05, 3.63) is 36.3 Å². The van der Waals surface area contributed by atoms with E-state index in [0.29, 0.717) is 41.7 Å². The summed E-state index contributed by atoms with van der Waals surface area (Å²) < 4.78 is 13.5. The number of hydrogen-bond acceptors (Lipinski definition) is 8. The van der Waals surface area contributed by atoms with E-state index in [1.807, 2.05) is 31.4 Å². The van der Waals surface area contributed by atoms with Crippen LogP contribution in [0.15, 0.2) is 35.7 Å². The molecule has 11 heteroatoms. The number of aromatic nitrogens is 5. The third kappa shape index (κ3) is 4.74. The number of rotatable bonds is 5. The van der Waals surface area contributed by atoms with Crippen LogP contribution < -0.4 is 10.1 Å². The fourth-order valence-electron chi connectivity index (χ4n) is 2.95. The number of thioether (sulfide) groups is 1. The molecule has 1 aliphatic heterocycles. The average molecular weight is 432 g/mol. The van der Waals surface area contributed by atoms with Crippen molar-refractivity contribution in [2.45, 2.75) is 18.2 Å². The van der Waals surface area contributed by atoms with Crippen molar-refractivity contribution < 1.29 is 9.47 Å². The van der Waals surface area contributed by atoms with E-state index in [1.54, 1.807) is 16.9 Å². The molecule has 3 aromatic rings. The van der Waals surface area contributed by atoms with Crippen LogP contribution in [-0.2, 0) is 4.74 Å². The van der Waals surface area contributed by atoms with Crippen molar-refractivity contribution in [1.82, 2.24) is 29.5 Å². The van der Waals surface area contributed by atoms with Crippen LogP contribution in [0.2, 0.25) is 0 Å². The molecule has 29 heavy (non-hydrogen) atoms. The smallest absolute Gasteiger partial charge is 0.256 e. The van der Waals surface area contributed by atoms with Gasteiger partial charge in [-0.2, -0.15) is 9.50 Å². The van der Waals surface area contributed by atoms with E-state index in [2.05, 4.69) is 30.3 Å². The van der Waals surface area contributed by atoms with Crippen molar-refractivity contribution in [2.75, 3.05) is 37.9 Å². The van der Waals surface area contributed by atoms with E-state index in [0.717, 1.165) is 17.9 Å². The lowest BCUT2D eigenvalue weighted by Gasteiger charge is -2.34. The van der Waals surface area contributed by atoms with Crippen LogP contribution >= 0.6 is 24.0 Å². The Morgan fingerprint density at radius 2 is 2.34 bits per heavy atom. The molecule has 1 N–H and O–H groups in total. The molecule has 0 spiro atoms. The zero-order valence-corrected chi connectivity index (χ0v) is 17.7. The zero-order valence-electron chi connectivity index (χ0n) is 16.1. The topological polar surface area (TPSA) is 89.7 Å². The van der Waals surface area contributed by atoms with Gasteiger partial charge in [-0.05, 0) is 37.5 Å². The molecule has 1 atom stereocenters. The molecule has 4 heterocycles. The normalized spacial score (nSPS) is 16.8. The van der Waals surface area contributed by atoms with Crippen LogP contribution in [-0.4, -0.2) is 73.2 Å². The van der Waals surface area contributed by atoms with Crippen molar-refractivity contribution in [3.63, 3.8) is 0 Å². The molecule has 0 aliphatic carbocycles. The highest BCUT2D eigenvalue weighted by Crippen LogP contribution is 2.18.